The fraction of sp³-hybridized carbons (Fsp3) is 0.765. The number of aromatic nitrogens is 2. The molecule has 6 nitrogen and oxygen atoms in total. The van der Waals surface area contributed by atoms with E-state index in [4.69, 9.17) is 0 Å². The van der Waals surface area contributed by atoms with Crippen molar-refractivity contribution < 1.29 is 14.7 Å². The lowest BCUT2D eigenvalue weighted by molar-refractivity contribution is -0.228. The molecule has 0 radical (unpaired) electrons. The van der Waals surface area contributed by atoms with Gasteiger partial charge >= 0.3 is 0 Å². The highest BCUT2D eigenvalue weighted by molar-refractivity contribution is 6.09. The molecule has 218 valence electrons. The summed E-state index contributed by atoms with van der Waals surface area (Å²) in [5.41, 5.74) is 1.52. The lowest BCUT2D eigenvalue weighted by atomic mass is 9.33. The smallest absolute Gasteiger partial charge is 0.237 e. The van der Waals surface area contributed by atoms with Gasteiger partial charge in [-0.25, -0.2) is 9.97 Å². The highest BCUT2D eigenvalue weighted by atomic mass is 16.3. The quantitative estimate of drug-likeness (QED) is 0.436. The molecule has 8 atom stereocenters. The van der Waals surface area contributed by atoms with Gasteiger partial charge in [-0.2, -0.15) is 0 Å². The van der Waals surface area contributed by atoms with E-state index in [2.05, 4.69) is 63.8 Å². The minimum absolute atomic E-state index is 0.0111. The van der Waals surface area contributed by atoms with Crippen LogP contribution in [0.2, 0.25) is 0 Å². The summed E-state index contributed by atoms with van der Waals surface area (Å²) in [4.78, 5) is 36.4. The number of amides is 1. The monoisotopic (exact) mass is 547 g/mol. The molecule has 5 aliphatic rings. The van der Waals surface area contributed by atoms with Crippen molar-refractivity contribution in [1.82, 2.24) is 9.97 Å². The van der Waals surface area contributed by atoms with Crippen molar-refractivity contribution in [3.8, 4) is 0 Å². The SMILES string of the molecule is CC(C)C1=C2[C@H]3CC[C@@H]4[C@@]5(C)CC[C@H](O)C(C)(C)[C@@H]5CC[C@@]4(C)[C@]3(C)CC[C@@]2(C(=O)Nc2ncccn2)CC1=O. The Labute approximate surface area is 240 Å². The van der Waals surface area contributed by atoms with Crippen LogP contribution >= 0.6 is 0 Å². The number of nitrogens with one attached hydrogen (secondary N) is 1. The fourth-order valence-electron chi connectivity index (χ4n) is 11.5. The van der Waals surface area contributed by atoms with Crippen molar-refractivity contribution in [2.24, 2.45) is 50.7 Å². The molecule has 4 saturated carbocycles. The molecule has 1 aromatic heterocycles. The minimum Gasteiger partial charge on any atom is -0.393 e. The van der Waals surface area contributed by atoms with E-state index in [1.807, 2.05) is 0 Å². The first-order chi connectivity index (χ1) is 18.7. The summed E-state index contributed by atoms with van der Waals surface area (Å²) in [5, 5.41) is 14.0. The number of Topliss-reactive ketones (excluding diaryl/α,β-unsaturated/α-hetero) is 1. The van der Waals surface area contributed by atoms with E-state index in [9.17, 15) is 14.7 Å². The summed E-state index contributed by atoms with van der Waals surface area (Å²) in [6.07, 6.45) is 11.4. The lowest BCUT2D eigenvalue weighted by Crippen LogP contribution is -2.66. The summed E-state index contributed by atoms with van der Waals surface area (Å²) in [7, 11) is 0. The standard InChI is InChI=1S/C34H49N3O3/c1-20(2)26-22(38)19-34(28(40)37-29-35-17-8-18-36-29)16-15-32(6)21(27(26)34)9-10-24-31(5)13-12-25(39)30(3,4)23(31)11-14-33(24,32)7/h8,17-18,20-21,23-25,39H,9-16,19H2,1-7H3,(H,35,36,37,40)/t21-,23+,24-,25+,31+,32-,33-,34-/m1/s1. The van der Waals surface area contributed by atoms with Crippen LogP contribution in [-0.4, -0.2) is 32.9 Å². The van der Waals surface area contributed by atoms with Crippen molar-refractivity contribution >= 4 is 17.6 Å². The van der Waals surface area contributed by atoms with Crippen molar-refractivity contribution in [2.75, 3.05) is 5.32 Å². The third kappa shape index (κ3) is 3.50. The van der Waals surface area contributed by atoms with E-state index in [-0.39, 0.29) is 57.7 Å². The number of hydrogen-bond donors (Lipinski definition) is 2. The average Bonchev–Trinajstić information content (AvgIpc) is 3.21. The van der Waals surface area contributed by atoms with Gasteiger partial charge in [0, 0.05) is 18.8 Å². The minimum atomic E-state index is -0.804. The molecule has 1 amide bonds. The van der Waals surface area contributed by atoms with Crippen LogP contribution < -0.4 is 5.32 Å². The number of fused-ring (bicyclic) bond motifs is 7. The Morgan fingerprint density at radius 2 is 1.62 bits per heavy atom. The Kier molecular flexibility index (Phi) is 6.28. The second kappa shape index (κ2) is 8.96. The molecule has 1 heterocycles. The molecule has 0 saturated heterocycles. The number of aliphatic hydroxyl groups excluding tert-OH is 1. The number of ketones is 1. The van der Waals surface area contributed by atoms with Crippen molar-refractivity contribution in [3.05, 3.63) is 29.6 Å². The Morgan fingerprint density at radius 3 is 2.30 bits per heavy atom. The van der Waals surface area contributed by atoms with Crippen LogP contribution in [-0.2, 0) is 9.59 Å². The van der Waals surface area contributed by atoms with E-state index in [0.717, 1.165) is 56.1 Å². The molecule has 0 aliphatic heterocycles. The van der Waals surface area contributed by atoms with Crippen molar-refractivity contribution in [1.29, 1.82) is 0 Å². The van der Waals surface area contributed by atoms with Crippen LogP contribution in [0.1, 0.15) is 106 Å². The predicted molar refractivity (Wildman–Crippen MR) is 156 cm³/mol. The molecular formula is C34H49N3O3. The summed E-state index contributed by atoms with van der Waals surface area (Å²) >= 11 is 0. The van der Waals surface area contributed by atoms with Gasteiger partial charge in [0.2, 0.25) is 11.9 Å². The van der Waals surface area contributed by atoms with Crippen LogP contribution in [0, 0.1) is 50.7 Å². The van der Waals surface area contributed by atoms with Gasteiger partial charge in [-0.1, -0.05) is 48.5 Å². The molecule has 40 heavy (non-hydrogen) atoms. The third-order valence-corrected chi connectivity index (χ3v) is 13.6. The van der Waals surface area contributed by atoms with Crippen LogP contribution in [0.4, 0.5) is 5.95 Å². The molecule has 0 spiro atoms. The maximum Gasteiger partial charge on any atom is 0.237 e. The maximum absolute atomic E-state index is 14.2. The van der Waals surface area contributed by atoms with Gasteiger partial charge in [-0.3, -0.25) is 14.9 Å². The van der Waals surface area contributed by atoms with Gasteiger partial charge in [0.05, 0.1) is 11.5 Å². The molecule has 5 aliphatic carbocycles. The number of anilines is 1. The maximum atomic E-state index is 14.2. The Hall–Kier alpha value is -2.08. The molecule has 4 fully saturated rings. The molecule has 0 aromatic carbocycles. The summed E-state index contributed by atoms with van der Waals surface area (Å²) < 4.78 is 0. The zero-order valence-electron chi connectivity index (χ0n) is 25.6. The molecule has 6 rings (SSSR count). The summed E-state index contributed by atoms with van der Waals surface area (Å²) in [5.74, 6) is 1.76. The second-order valence-electron chi connectivity index (χ2n) is 15.7. The summed E-state index contributed by atoms with van der Waals surface area (Å²) in [6, 6.07) is 1.74. The first kappa shape index (κ1) is 28.1. The fourth-order valence-corrected chi connectivity index (χ4v) is 11.5. The second-order valence-corrected chi connectivity index (χ2v) is 15.7. The normalized spacial score (nSPS) is 44.0. The molecule has 2 N–H and O–H groups in total. The number of nitrogens with zero attached hydrogens (tertiary/aromatic N) is 2. The van der Waals surface area contributed by atoms with E-state index >= 15 is 0 Å². The third-order valence-electron chi connectivity index (χ3n) is 13.6. The molecule has 1 aromatic rings. The van der Waals surface area contributed by atoms with Crippen LogP contribution in [0.5, 0.6) is 0 Å². The lowest BCUT2D eigenvalue weighted by Gasteiger charge is -2.72. The van der Waals surface area contributed by atoms with Crippen LogP contribution in [0.3, 0.4) is 0 Å². The highest BCUT2D eigenvalue weighted by Crippen LogP contribution is 2.76. The van der Waals surface area contributed by atoms with Gasteiger partial charge in [0.25, 0.3) is 0 Å². The number of carbonyl (C=O) groups is 2. The van der Waals surface area contributed by atoms with E-state index in [1.165, 1.54) is 0 Å². The molecular weight excluding hydrogens is 498 g/mol. The van der Waals surface area contributed by atoms with Crippen molar-refractivity contribution in [3.63, 3.8) is 0 Å². The average molecular weight is 548 g/mol. The number of hydrogen-bond acceptors (Lipinski definition) is 5. The van der Waals surface area contributed by atoms with Gasteiger partial charge in [0.1, 0.15) is 0 Å². The molecule has 0 bridgehead atoms. The van der Waals surface area contributed by atoms with E-state index < -0.39 is 5.41 Å². The van der Waals surface area contributed by atoms with Gasteiger partial charge in [-0.05, 0) is 114 Å². The Balaban J connectivity index is 1.42. The molecule has 0 unspecified atom stereocenters. The van der Waals surface area contributed by atoms with Gasteiger partial charge in [-0.15, -0.1) is 0 Å². The zero-order chi connectivity index (χ0) is 28.9. The Morgan fingerprint density at radius 1 is 0.925 bits per heavy atom. The van der Waals surface area contributed by atoms with E-state index in [1.54, 1.807) is 18.5 Å². The number of aliphatic hydroxyl groups is 1. The highest BCUT2D eigenvalue weighted by Gasteiger charge is 2.70. The largest absolute Gasteiger partial charge is 0.393 e. The number of rotatable bonds is 3. The number of allylic oxidation sites excluding steroid dienone is 1. The van der Waals surface area contributed by atoms with Gasteiger partial charge < -0.3 is 5.11 Å². The zero-order valence-corrected chi connectivity index (χ0v) is 25.6. The molecule has 6 heteroatoms. The number of carbonyl (C=O) groups excluding carboxylic acids is 2. The predicted octanol–water partition coefficient (Wildman–Crippen LogP) is 6.76. The van der Waals surface area contributed by atoms with E-state index in [0.29, 0.717) is 24.2 Å². The summed E-state index contributed by atoms with van der Waals surface area (Å²) in [6.45, 7) is 16.4. The first-order valence-corrected chi connectivity index (χ1v) is 15.8. The van der Waals surface area contributed by atoms with Crippen molar-refractivity contribution in [2.45, 2.75) is 112 Å². The van der Waals surface area contributed by atoms with Crippen LogP contribution in [0.25, 0.3) is 0 Å². The Bertz CT molecular complexity index is 1260. The van der Waals surface area contributed by atoms with Crippen LogP contribution in [0.15, 0.2) is 29.6 Å². The van der Waals surface area contributed by atoms with Gasteiger partial charge in [0.15, 0.2) is 5.78 Å². The first-order valence-electron chi connectivity index (χ1n) is 15.8. The topological polar surface area (TPSA) is 92.2 Å².